The van der Waals surface area contributed by atoms with Gasteiger partial charge in [-0.15, -0.1) is 0 Å². The van der Waals surface area contributed by atoms with Crippen LogP contribution in [0.1, 0.15) is 35.1 Å². The highest BCUT2D eigenvalue weighted by Crippen LogP contribution is 2.33. The first-order valence-corrected chi connectivity index (χ1v) is 16.3. The molecule has 2 fully saturated rings. The zero-order valence-electron chi connectivity index (χ0n) is 26.2. The lowest BCUT2D eigenvalue weighted by Crippen LogP contribution is -2.62. The molecule has 2 saturated heterocycles. The van der Waals surface area contributed by atoms with Gasteiger partial charge in [0.05, 0.1) is 39.1 Å². The van der Waals surface area contributed by atoms with E-state index < -0.39 is 30.7 Å². The third kappa shape index (κ3) is 9.56. The standard InChI is InChI=1S/C39H44O7/c1-5-13-30(14-6-1)25-41-29-35-36(42-26-31-15-7-2-8-16-31)37(43-27-32-17-9-3-10-18-32)38(44-28-33-19-11-4-12-20-33)39(46-35)45-34-21-23-40-24-22-34/h1-20,34-39H,21-29H2/t35-,36-,37+,38-,39+/m1/s1. The van der Waals surface area contributed by atoms with E-state index in [4.69, 9.17) is 33.2 Å². The van der Waals surface area contributed by atoms with Gasteiger partial charge in [-0.2, -0.15) is 0 Å². The highest BCUT2D eigenvalue weighted by molar-refractivity contribution is 5.16. The first kappa shape index (κ1) is 32.5. The molecule has 4 aromatic carbocycles. The summed E-state index contributed by atoms with van der Waals surface area (Å²) in [6, 6.07) is 40.6. The van der Waals surface area contributed by atoms with Crippen molar-refractivity contribution >= 4 is 0 Å². The van der Waals surface area contributed by atoms with Gasteiger partial charge in [-0.25, -0.2) is 0 Å². The predicted molar refractivity (Wildman–Crippen MR) is 175 cm³/mol. The lowest BCUT2D eigenvalue weighted by atomic mass is 9.97. The molecule has 7 nitrogen and oxygen atoms in total. The number of hydrogen-bond acceptors (Lipinski definition) is 7. The van der Waals surface area contributed by atoms with Crippen LogP contribution in [-0.2, 0) is 59.6 Å². The minimum Gasteiger partial charge on any atom is -0.381 e. The zero-order chi connectivity index (χ0) is 31.2. The number of hydrogen-bond donors (Lipinski definition) is 0. The molecule has 7 heteroatoms. The molecule has 0 N–H and O–H groups in total. The van der Waals surface area contributed by atoms with Crippen LogP contribution in [0, 0.1) is 0 Å². The van der Waals surface area contributed by atoms with Crippen LogP contribution in [0.4, 0.5) is 0 Å². The second-order valence-corrected chi connectivity index (χ2v) is 11.8. The van der Waals surface area contributed by atoms with Crippen molar-refractivity contribution in [2.45, 2.75) is 76.1 Å². The van der Waals surface area contributed by atoms with Crippen LogP contribution >= 0.6 is 0 Å². The fraction of sp³-hybridized carbons (Fsp3) is 0.385. The van der Waals surface area contributed by atoms with Crippen LogP contribution in [0.15, 0.2) is 121 Å². The van der Waals surface area contributed by atoms with Crippen molar-refractivity contribution in [3.8, 4) is 0 Å². The summed E-state index contributed by atoms with van der Waals surface area (Å²) in [4.78, 5) is 0. The predicted octanol–water partition coefficient (Wildman–Crippen LogP) is 6.88. The van der Waals surface area contributed by atoms with E-state index in [1.807, 2.05) is 72.8 Å². The summed E-state index contributed by atoms with van der Waals surface area (Å²) in [6.45, 7) is 3.25. The maximum Gasteiger partial charge on any atom is 0.187 e. The van der Waals surface area contributed by atoms with Crippen LogP contribution in [0.25, 0.3) is 0 Å². The molecule has 0 spiro atoms. The Kier molecular flexibility index (Phi) is 12.4. The average molecular weight is 625 g/mol. The molecule has 0 unspecified atom stereocenters. The van der Waals surface area contributed by atoms with Crippen molar-refractivity contribution in [2.24, 2.45) is 0 Å². The van der Waals surface area contributed by atoms with Crippen molar-refractivity contribution in [2.75, 3.05) is 19.8 Å². The Morgan fingerprint density at radius 1 is 0.500 bits per heavy atom. The second kappa shape index (κ2) is 17.5. The first-order valence-electron chi connectivity index (χ1n) is 16.3. The van der Waals surface area contributed by atoms with E-state index in [0.717, 1.165) is 35.1 Å². The Morgan fingerprint density at radius 2 is 0.935 bits per heavy atom. The average Bonchev–Trinajstić information content (AvgIpc) is 3.12. The van der Waals surface area contributed by atoms with E-state index in [9.17, 15) is 0 Å². The van der Waals surface area contributed by atoms with Gasteiger partial charge in [-0.1, -0.05) is 121 Å². The molecule has 0 radical (unpaired) electrons. The molecule has 0 bridgehead atoms. The van der Waals surface area contributed by atoms with Crippen molar-refractivity contribution in [3.05, 3.63) is 144 Å². The maximum absolute atomic E-state index is 6.80. The largest absolute Gasteiger partial charge is 0.381 e. The van der Waals surface area contributed by atoms with E-state index in [1.165, 1.54) is 0 Å². The molecule has 5 atom stereocenters. The van der Waals surface area contributed by atoms with Gasteiger partial charge < -0.3 is 33.2 Å². The number of ether oxygens (including phenoxy) is 7. The zero-order valence-corrected chi connectivity index (χ0v) is 26.2. The summed E-state index contributed by atoms with van der Waals surface area (Å²) < 4.78 is 45.6. The van der Waals surface area contributed by atoms with Gasteiger partial charge in [-0.3, -0.25) is 0 Å². The summed E-state index contributed by atoms with van der Waals surface area (Å²) in [5.74, 6) is 0. The Bertz CT molecular complexity index is 1380. The summed E-state index contributed by atoms with van der Waals surface area (Å²) in [5.41, 5.74) is 4.28. The van der Waals surface area contributed by atoms with Gasteiger partial charge in [-0.05, 0) is 35.1 Å². The van der Waals surface area contributed by atoms with Crippen LogP contribution in [0.3, 0.4) is 0 Å². The van der Waals surface area contributed by atoms with Gasteiger partial charge in [0.15, 0.2) is 6.29 Å². The quantitative estimate of drug-likeness (QED) is 0.143. The molecule has 4 aromatic rings. The minimum atomic E-state index is -0.686. The highest BCUT2D eigenvalue weighted by atomic mass is 16.7. The van der Waals surface area contributed by atoms with Crippen LogP contribution in [0.2, 0.25) is 0 Å². The summed E-state index contributed by atoms with van der Waals surface area (Å²) in [7, 11) is 0. The Morgan fingerprint density at radius 3 is 1.43 bits per heavy atom. The minimum absolute atomic E-state index is 0.0102. The van der Waals surface area contributed by atoms with Crippen LogP contribution < -0.4 is 0 Å². The molecule has 0 amide bonds. The lowest BCUT2D eigenvalue weighted by molar-refractivity contribution is -0.338. The third-order valence-electron chi connectivity index (χ3n) is 8.34. The normalized spacial score (nSPS) is 23.7. The fourth-order valence-electron chi connectivity index (χ4n) is 5.86. The van der Waals surface area contributed by atoms with E-state index in [-0.39, 0.29) is 6.10 Å². The molecule has 0 aromatic heterocycles. The van der Waals surface area contributed by atoms with Gasteiger partial charge in [0.2, 0.25) is 0 Å². The van der Waals surface area contributed by atoms with Crippen molar-refractivity contribution < 1.29 is 33.2 Å². The smallest absolute Gasteiger partial charge is 0.187 e. The third-order valence-corrected chi connectivity index (χ3v) is 8.34. The molecule has 0 aliphatic carbocycles. The molecule has 2 heterocycles. The molecular weight excluding hydrogens is 580 g/mol. The number of benzene rings is 4. The van der Waals surface area contributed by atoms with Crippen molar-refractivity contribution in [1.29, 1.82) is 0 Å². The van der Waals surface area contributed by atoms with Gasteiger partial charge in [0.1, 0.15) is 24.4 Å². The van der Waals surface area contributed by atoms with Crippen LogP contribution in [-0.4, -0.2) is 56.6 Å². The molecule has 0 saturated carbocycles. The van der Waals surface area contributed by atoms with Gasteiger partial charge in [0, 0.05) is 13.2 Å². The SMILES string of the molecule is c1ccc(COC[C@H]2O[C@H](OC3CCOCC3)[C@H](OCc3ccccc3)[C@@H](OCc3ccccc3)[C@@H]2OCc2ccccc2)cc1. The molecule has 2 aliphatic rings. The first-order chi connectivity index (χ1) is 22.8. The highest BCUT2D eigenvalue weighted by Gasteiger charge is 2.49. The van der Waals surface area contributed by atoms with Crippen molar-refractivity contribution in [1.82, 2.24) is 0 Å². The van der Waals surface area contributed by atoms with Gasteiger partial charge in [0.25, 0.3) is 0 Å². The van der Waals surface area contributed by atoms with E-state index in [1.54, 1.807) is 0 Å². The molecular formula is C39H44O7. The lowest BCUT2D eigenvalue weighted by Gasteiger charge is -2.46. The van der Waals surface area contributed by atoms with Crippen LogP contribution in [0.5, 0.6) is 0 Å². The van der Waals surface area contributed by atoms with Crippen molar-refractivity contribution in [3.63, 3.8) is 0 Å². The van der Waals surface area contributed by atoms with E-state index in [2.05, 4.69) is 48.5 Å². The van der Waals surface area contributed by atoms with E-state index >= 15 is 0 Å². The van der Waals surface area contributed by atoms with E-state index in [0.29, 0.717) is 46.2 Å². The maximum atomic E-state index is 6.80. The fourth-order valence-corrected chi connectivity index (χ4v) is 5.86. The Balaban J connectivity index is 1.29. The summed E-state index contributed by atoms with van der Waals surface area (Å²) in [5, 5.41) is 0. The van der Waals surface area contributed by atoms with Gasteiger partial charge >= 0.3 is 0 Å². The Hall–Kier alpha value is -3.40. The molecule has 2 aliphatic heterocycles. The summed E-state index contributed by atoms with van der Waals surface area (Å²) >= 11 is 0. The monoisotopic (exact) mass is 624 g/mol. The Labute approximate surface area is 272 Å². The second-order valence-electron chi connectivity index (χ2n) is 11.8. The summed E-state index contributed by atoms with van der Waals surface area (Å²) in [6.07, 6.45) is -1.12. The number of rotatable bonds is 15. The molecule has 6 rings (SSSR count). The molecule has 46 heavy (non-hydrogen) atoms. The topological polar surface area (TPSA) is 64.6 Å². The molecule has 242 valence electrons.